The molecule has 0 atom stereocenters. The number of nitrogens with zero attached hydrogens (tertiary/aromatic N) is 1. The lowest BCUT2D eigenvalue weighted by molar-refractivity contribution is 0.103. The van der Waals surface area contributed by atoms with E-state index in [2.05, 4.69) is 31.5 Å². The summed E-state index contributed by atoms with van der Waals surface area (Å²) in [5, 5.41) is 6.85. The first-order valence-corrected chi connectivity index (χ1v) is 9.01. The fourth-order valence-electron chi connectivity index (χ4n) is 2.22. The van der Waals surface area contributed by atoms with Gasteiger partial charge in [0.05, 0.1) is 5.69 Å². The lowest BCUT2D eigenvalue weighted by Gasteiger charge is -2.06. The van der Waals surface area contributed by atoms with E-state index in [9.17, 15) is 4.79 Å². The Labute approximate surface area is 153 Å². The summed E-state index contributed by atoms with van der Waals surface area (Å²) < 4.78 is 1.02. The Morgan fingerprint density at radius 1 is 1.08 bits per heavy atom. The molecule has 3 aromatic rings. The average molecular weight is 402 g/mol. The highest BCUT2D eigenvalue weighted by Gasteiger charge is 2.16. The molecule has 0 saturated heterocycles. The first-order valence-electron chi connectivity index (χ1n) is 7.40. The van der Waals surface area contributed by atoms with Crippen molar-refractivity contribution in [1.82, 2.24) is 4.98 Å². The van der Waals surface area contributed by atoms with Crippen LogP contribution in [0.5, 0.6) is 0 Å². The molecule has 3 rings (SSSR count). The van der Waals surface area contributed by atoms with Crippen molar-refractivity contribution in [2.45, 2.75) is 13.8 Å². The average Bonchev–Trinajstić information content (AvgIpc) is 2.92. The van der Waals surface area contributed by atoms with Gasteiger partial charge in [-0.05, 0) is 49.7 Å². The fraction of sp³-hybridized carbons (Fsp3) is 0.111. The molecular formula is C18H16BrN3OS. The molecule has 1 heterocycles. The molecule has 0 aliphatic heterocycles. The Morgan fingerprint density at radius 3 is 2.54 bits per heavy atom. The second kappa shape index (κ2) is 7.15. The number of para-hydroxylation sites is 1. The van der Waals surface area contributed by atoms with Crippen LogP contribution in [0.15, 0.2) is 53.0 Å². The summed E-state index contributed by atoms with van der Waals surface area (Å²) in [6.45, 7) is 3.83. The number of nitrogens with one attached hydrogen (secondary N) is 2. The van der Waals surface area contributed by atoms with Crippen LogP contribution in [0, 0.1) is 13.8 Å². The van der Waals surface area contributed by atoms with Gasteiger partial charge in [0, 0.05) is 15.8 Å². The van der Waals surface area contributed by atoms with Gasteiger partial charge in [0.15, 0.2) is 5.13 Å². The predicted octanol–water partition coefficient (Wildman–Crippen LogP) is 5.52. The minimum Gasteiger partial charge on any atom is -0.332 e. The fourth-order valence-corrected chi connectivity index (χ4v) is 3.34. The van der Waals surface area contributed by atoms with E-state index in [0.717, 1.165) is 21.4 Å². The van der Waals surface area contributed by atoms with Crippen molar-refractivity contribution in [2.24, 2.45) is 0 Å². The van der Waals surface area contributed by atoms with E-state index in [1.54, 1.807) is 0 Å². The highest BCUT2D eigenvalue weighted by molar-refractivity contribution is 9.10. The smallest absolute Gasteiger partial charge is 0.267 e. The number of anilines is 3. The molecular weight excluding hydrogens is 386 g/mol. The Morgan fingerprint density at radius 2 is 1.83 bits per heavy atom. The standard InChI is InChI=1S/C18H16BrN3OS/c1-11-10-14(8-9-15(11)19)21-17(23)16-12(2)20-18(24-16)22-13-6-4-3-5-7-13/h3-10H,1-2H3,(H,20,22)(H,21,23). The second-order valence-corrected chi connectivity index (χ2v) is 7.20. The Kier molecular flexibility index (Phi) is 4.97. The van der Waals surface area contributed by atoms with Gasteiger partial charge in [-0.25, -0.2) is 4.98 Å². The number of carbonyl (C=O) groups excluding carboxylic acids is 1. The maximum atomic E-state index is 12.5. The van der Waals surface area contributed by atoms with E-state index in [0.29, 0.717) is 15.7 Å². The van der Waals surface area contributed by atoms with Gasteiger partial charge in [0.25, 0.3) is 5.91 Å². The number of halogens is 1. The Bertz CT molecular complexity index is 877. The van der Waals surface area contributed by atoms with Crippen molar-refractivity contribution in [3.05, 3.63) is 69.1 Å². The number of aryl methyl sites for hydroxylation is 2. The summed E-state index contributed by atoms with van der Waals surface area (Å²) in [7, 11) is 0. The topological polar surface area (TPSA) is 54.0 Å². The van der Waals surface area contributed by atoms with E-state index >= 15 is 0 Å². The zero-order chi connectivity index (χ0) is 17.1. The van der Waals surface area contributed by atoms with E-state index < -0.39 is 0 Å². The molecule has 0 fully saturated rings. The summed E-state index contributed by atoms with van der Waals surface area (Å²) in [6, 6.07) is 15.5. The van der Waals surface area contributed by atoms with Crippen LogP contribution in [0.2, 0.25) is 0 Å². The van der Waals surface area contributed by atoms with Crippen molar-refractivity contribution in [2.75, 3.05) is 10.6 Å². The summed E-state index contributed by atoms with van der Waals surface area (Å²) >= 11 is 4.80. The van der Waals surface area contributed by atoms with E-state index in [-0.39, 0.29) is 5.91 Å². The van der Waals surface area contributed by atoms with E-state index in [1.807, 2.05) is 62.4 Å². The molecule has 0 radical (unpaired) electrons. The minimum atomic E-state index is -0.146. The van der Waals surface area contributed by atoms with Crippen LogP contribution in [0.4, 0.5) is 16.5 Å². The van der Waals surface area contributed by atoms with Crippen LogP contribution in [0.3, 0.4) is 0 Å². The minimum absolute atomic E-state index is 0.146. The summed E-state index contributed by atoms with van der Waals surface area (Å²) in [5.41, 5.74) is 3.50. The molecule has 2 N–H and O–H groups in total. The molecule has 2 aromatic carbocycles. The van der Waals surface area contributed by atoms with Gasteiger partial charge >= 0.3 is 0 Å². The normalized spacial score (nSPS) is 10.5. The van der Waals surface area contributed by atoms with Crippen LogP contribution < -0.4 is 10.6 Å². The van der Waals surface area contributed by atoms with Crippen molar-refractivity contribution >= 4 is 49.7 Å². The van der Waals surface area contributed by atoms with Gasteiger partial charge in [-0.3, -0.25) is 4.79 Å². The first kappa shape index (κ1) is 16.7. The molecule has 0 spiro atoms. The lowest BCUT2D eigenvalue weighted by atomic mass is 10.2. The monoisotopic (exact) mass is 401 g/mol. The molecule has 0 bridgehead atoms. The Hall–Kier alpha value is -2.18. The second-order valence-electron chi connectivity index (χ2n) is 5.34. The van der Waals surface area contributed by atoms with Crippen LogP contribution in [-0.4, -0.2) is 10.9 Å². The third-order valence-corrected chi connectivity index (χ3v) is 5.41. The number of carbonyl (C=O) groups is 1. The van der Waals surface area contributed by atoms with Gasteiger partial charge in [-0.2, -0.15) is 0 Å². The van der Waals surface area contributed by atoms with Crippen LogP contribution in [0.1, 0.15) is 20.9 Å². The van der Waals surface area contributed by atoms with E-state index in [4.69, 9.17) is 0 Å². The van der Waals surface area contributed by atoms with Gasteiger partial charge < -0.3 is 10.6 Å². The van der Waals surface area contributed by atoms with Gasteiger partial charge in [-0.15, -0.1) is 0 Å². The molecule has 0 aliphatic carbocycles. The molecule has 122 valence electrons. The first-order chi connectivity index (χ1) is 11.5. The van der Waals surface area contributed by atoms with E-state index in [1.165, 1.54) is 11.3 Å². The van der Waals surface area contributed by atoms with Gasteiger partial charge in [0.2, 0.25) is 0 Å². The molecule has 0 aliphatic rings. The van der Waals surface area contributed by atoms with Crippen molar-refractivity contribution in [3.8, 4) is 0 Å². The third kappa shape index (κ3) is 3.83. The largest absolute Gasteiger partial charge is 0.332 e. The number of hydrogen-bond acceptors (Lipinski definition) is 4. The van der Waals surface area contributed by atoms with Gasteiger partial charge in [0.1, 0.15) is 4.88 Å². The molecule has 0 unspecified atom stereocenters. The van der Waals surface area contributed by atoms with Crippen molar-refractivity contribution < 1.29 is 4.79 Å². The lowest BCUT2D eigenvalue weighted by Crippen LogP contribution is -2.11. The van der Waals surface area contributed by atoms with Crippen LogP contribution in [0.25, 0.3) is 0 Å². The number of thiazole rings is 1. The molecule has 1 aromatic heterocycles. The number of hydrogen-bond donors (Lipinski definition) is 2. The molecule has 24 heavy (non-hydrogen) atoms. The van der Waals surface area contributed by atoms with Crippen LogP contribution in [-0.2, 0) is 0 Å². The zero-order valence-corrected chi connectivity index (χ0v) is 15.7. The highest BCUT2D eigenvalue weighted by atomic mass is 79.9. The number of benzene rings is 2. The molecule has 6 heteroatoms. The molecule has 0 saturated carbocycles. The maximum absolute atomic E-state index is 12.5. The highest BCUT2D eigenvalue weighted by Crippen LogP contribution is 2.27. The predicted molar refractivity (Wildman–Crippen MR) is 103 cm³/mol. The van der Waals surface area contributed by atoms with Gasteiger partial charge in [-0.1, -0.05) is 45.5 Å². The Balaban J connectivity index is 1.76. The molecule has 1 amide bonds. The number of aromatic nitrogens is 1. The number of rotatable bonds is 4. The third-order valence-electron chi connectivity index (χ3n) is 3.44. The zero-order valence-electron chi connectivity index (χ0n) is 13.3. The van der Waals surface area contributed by atoms with Crippen LogP contribution >= 0.6 is 27.3 Å². The SMILES string of the molecule is Cc1cc(NC(=O)c2sc(Nc3ccccc3)nc2C)ccc1Br. The molecule has 4 nitrogen and oxygen atoms in total. The number of amides is 1. The summed E-state index contributed by atoms with van der Waals surface area (Å²) in [6.07, 6.45) is 0. The summed E-state index contributed by atoms with van der Waals surface area (Å²) in [5.74, 6) is -0.146. The van der Waals surface area contributed by atoms with Crippen molar-refractivity contribution in [1.29, 1.82) is 0 Å². The van der Waals surface area contributed by atoms with Crippen molar-refractivity contribution in [3.63, 3.8) is 0 Å². The summed E-state index contributed by atoms with van der Waals surface area (Å²) in [4.78, 5) is 17.6. The maximum Gasteiger partial charge on any atom is 0.267 e. The quantitative estimate of drug-likeness (QED) is 0.604.